The number of esters is 1. The number of methoxy groups -OCH3 is 1. The van der Waals surface area contributed by atoms with Gasteiger partial charge in [0.1, 0.15) is 5.54 Å². The lowest BCUT2D eigenvalue weighted by Crippen LogP contribution is -2.59. The lowest BCUT2D eigenvalue weighted by atomic mass is 9.94. The Balaban J connectivity index is 2.69. The minimum absolute atomic E-state index is 0.183. The van der Waals surface area contributed by atoms with Gasteiger partial charge in [0.2, 0.25) is 0 Å². The zero-order chi connectivity index (χ0) is 14.5. The average Bonchev–Trinajstić information content (AvgIpc) is 3.20. The van der Waals surface area contributed by atoms with Crippen molar-refractivity contribution >= 4 is 17.7 Å². The van der Waals surface area contributed by atoms with Crippen molar-refractivity contribution in [2.75, 3.05) is 25.2 Å². The highest BCUT2D eigenvalue weighted by atomic mass is 32.2. The van der Waals surface area contributed by atoms with Gasteiger partial charge in [0.25, 0.3) is 0 Å². The zero-order valence-electron chi connectivity index (χ0n) is 11.9. The van der Waals surface area contributed by atoms with Crippen LogP contribution in [0.3, 0.4) is 0 Å². The van der Waals surface area contributed by atoms with Crippen LogP contribution in [0.15, 0.2) is 0 Å². The van der Waals surface area contributed by atoms with Gasteiger partial charge in [-0.05, 0) is 32.6 Å². The van der Waals surface area contributed by atoms with Gasteiger partial charge >= 0.3 is 5.97 Å². The molecule has 0 aromatic rings. The van der Waals surface area contributed by atoms with Crippen molar-refractivity contribution in [3.05, 3.63) is 0 Å². The van der Waals surface area contributed by atoms with Gasteiger partial charge in [0.05, 0.1) is 19.8 Å². The van der Waals surface area contributed by atoms with Crippen molar-refractivity contribution in [3.63, 3.8) is 0 Å². The van der Waals surface area contributed by atoms with E-state index in [2.05, 4.69) is 5.32 Å². The Bertz CT molecular complexity index is 296. The van der Waals surface area contributed by atoms with E-state index in [9.17, 15) is 9.90 Å². The van der Waals surface area contributed by atoms with Crippen LogP contribution in [0.1, 0.15) is 26.7 Å². The second-order valence-corrected chi connectivity index (χ2v) is 6.42. The number of aliphatic hydroxyl groups is 2. The first-order valence-electron chi connectivity index (χ1n) is 6.69. The molecule has 0 aliphatic heterocycles. The van der Waals surface area contributed by atoms with E-state index in [0.29, 0.717) is 17.4 Å². The summed E-state index contributed by atoms with van der Waals surface area (Å²) in [4.78, 5) is 12.2. The van der Waals surface area contributed by atoms with Crippen LogP contribution in [-0.2, 0) is 9.53 Å². The molecule has 0 amide bonds. The molecule has 1 aliphatic carbocycles. The van der Waals surface area contributed by atoms with Crippen LogP contribution in [-0.4, -0.2) is 59.1 Å². The fourth-order valence-electron chi connectivity index (χ4n) is 2.24. The van der Waals surface area contributed by atoms with Gasteiger partial charge < -0.3 is 14.9 Å². The standard InChI is InChI=1S/C13H25NO4S/c1-9(2)14-13(10-4-5-10,12(17)18-3)8-19-7-11(16)6-15/h9-11,14-16H,4-8H2,1-3H3. The maximum atomic E-state index is 12.2. The third kappa shape index (κ3) is 4.63. The van der Waals surface area contributed by atoms with E-state index in [1.807, 2.05) is 13.8 Å². The molecule has 3 N–H and O–H groups in total. The van der Waals surface area contributed by atoms with Crippen LogP contribution < -0.4 is 5.32 Å². The number of nitrogens with one attached hydrogen (secondary N) is 1. The molecule has 0 heterocycles. The molecule has 0 aromatic heterocycles. The largest absolute Gasteiger partial charge is 0.468 e. The van der Waals surface area contributed by atoms with E-state index in [4.69, 9.17) is 9.84 Å². The van der Waals surface area contributed by atoms with Crippen LogP contribution in [0.25, 0.3) is 0 Å². The van der Waals surface area contributed by atoms with Crippen molar-refractivity contribution < 1.29 is 19.7 Å². The Morgan fingerprint density at radius 3 is 2.58 bits per heavy atom. The molecule has 19 heavy (non-hydrogen) atoms. The highest BCUT2D eigenvalue weighted by molar-refractivity contribution is 7.99. The molecule has 6 heteroatoms. The van der Waals surface area contributed by atoms with Gasteiger partial charge in [0, 0.05) is 17.5 Å². The molecule has 0 radical (unpaired) electrons. The number of aliphatic hydroxyl groups excluding tert-OH is 2. The molecule has 0 bridgehead atoms. The lowest BCUT2D eigenvalue weighted by Gasteiger charge is -2.34. The van der Waals surface area contributed by atoms with Crippen molar-refractivity contribution in [1.82, 2.24) is 5.32 Å². The minimum atomic E-state index is -0.737. The van der Waals surface area contributed by atoms with Crippen LogP contribution in [0.5, 0.6) is 0 Å². The molecule has 112 valence electrons. The monoisotopic (exact) mass is 291 g/mol. The molecule has 1 saturated carbocycles. The molecule has 5 nitrogen and oxygen atoms in total. The highest BCUT2D eigenvalue weighted by Gasteiger charge is 2.51. The Morgan fingerprint density at radius 2 is 2.16 bits per heavy atom. The number of thioether (sulfide) groups is 1. The molecule has 0 spiro atoms. The number of ether oxygens (including phenoxy) is 1. The number of rotatable bonds is 9. The Hall–Kier alpha value is -0.300. The summed E-state index contributed by atoms with van der Waals surface area (Å²) in [6, 6.07) is 0.183. The molecular weight excluding hydrogens is 266 g/mol. The molecule has 0 saturated heterocycles. The Labute approximate surface area is 119 Å². The Kier molecular flexibility index (Phi) is 6.59. The second-order valence-electron chi connectivity index (χ2n) is 5.39. The molecule has 1 rings (SSSR count). The zero-order valence-corrected chi connectivity index (χ0v) is 12.7. The van der Waals surface area contributed by atoms with Gasteiger partial charge in [0.15, 0.2) is 0 Å². The number of carbonyl (C=O) groups is 1. The van der Waals surface area contributed by atoms with Gasteiger partial charge in [-0.25, -0.2) is 0 Å². The van der Waals surface area contributed by atoms with E-state index >= 15 is 0 Å². The third-order valence-corrected chi connectivity index (χ3v) is 4.50. The van der Waals surface area contributed by atoms with E-state index < -0.39 is 11.6 Å². The highest BCUT2D eigenvalue weighted by Crippen LogP contribution is 2.42. The van der Waals surface area contributed by atoms with Crippen molar-refractivity contribution in [2.24, 2.45) is 5.92 Å². The number of carbonyl (C=O) groups excluding carboxylic acids is 1. The van der Waals surface area contributed by atoms with Crippen LogP contribution in [0.2, 0.25) is 0 Å². The lowest BCUT2D eigenvalue weighted by molar-refractivity contribution is -0.149. The summed E-state index contributed by atoms with van der Waals surface area (Å²) in [5.41, 5.74) is -0.664. The summed E-state index contributed by atoms with van der Waals surface area (Å²) in [6.45, 7) is 3.76. The summed E-state index contributed by atoms with van der Waals surface area (Å²) in [5.74, 6) is 1.05. The quantitative estimate of drug-likeness (QED) is 0.534. The van der Waals surface area contributed by atoms with Crippen molar-refractivity contribution in [3.8, 4) is 0 Å². The molecule has 1 fully saturated rings. The van der Waals surface area contributed by atoms with Crippen molar-refractivity contribution in [2.45, 2.75) is 44.4 Å². The summed E-state index contributed by atoms with van der Waals surface area (Å²) in [7, 11) is 1.41. The van der Waals surface area contributed by atoms with E-state index in [1.165, 1.54) is 18.9 Å². The first-order chi connectivity index (χ1) is 8.96. The second kappa shape index (κ2) is 7.47. The topological polar surface area (TPSA) is 78.8 Å². The molecule has 2 atom stereocenters. The minimum Gasteiger partial charge on any atom is -0.468 e. The average molecular weight is 291 g/mol. The summed E-state index contributed by atoms with van der Waals surface area (Å²) in [6.07, 6.45) is 1.31. The number of hydrogen-bond donors (Lipinski definition) is 3. The fraction of sp³-hybridized carbons (Fsp3) is 0.923. The van der Waals surface area contributed by atoms with Gasteiger partial charge in [-0.2, -0.15) is 11.8 Å². The summed E-state index contributed by atoms with van der Waals surface area (Å²) >= 11 is 1.47. The van der Waals surface area contributed by atoms with Crippen LogP contribution in [0, 0.1) is 5.92 Å². The first kappa shape index (κ1) is 16.8. The van der Waals surface area contributed by atoms with E-state index in [-0.39, 0.29) is 18.6 Å². The van der Waals surface area contributed by atoms with Gasteiger partial charge in [-0.3, -0.25) is 10.1 Å². The van der Waals surface area contributed by atoms with Gasteiger partial charge in [-0.1, -0.05) is 0 Å². The Morgan fingerprint density at radius 1 is 1.53 bits per heavy atom. The predicted octanol–water partition coefficient (Wildman–Crippen LogP) is 0.393. The SMILES string of the molecule is COC(=O)C(CSCC(O)CO)(NC(C)C)C1CC1. The van der Waals surface area contributed by atoms with E-state index in [0.717, 1.165) is 12.8 Å². The molecule has 1 aliphatic rings. The van der Waals surface area contributed by atoms with Crippen molar-refractivity contribution in [1.29, 1.82) is 0 Å². The smallest absolute Gasteiger partial charge is 0.327 e. The maximum Gasteiger partial charge on any atom is 0.327 e. The molecule has 2 unspecified atom stereocenters. The normalized spacial score (nSPS) is 20.1. The summed E-state index contributed by atoms with van der Waals surface area (Å²) < 4.78 is 4.98. The van der Waals surface area contributed by atoms with Gasteiger partial charge in [-0.15, -0.1) is 0 Å². The predicted molar refractivity (Wildman–Crippen MR) is 76.2 cm³/mol. The maximum absolute atomic E-state index is 12.2. The third-order valence-electron chi connectivity index (χ3n) is 3.22. The molecule has 0 aromatic carbocycles. The number of hydrogen-bond acceptors (Lipinski definition) is 6. The fourth-order valence-corrected chi connectivity index (χ4v) is 3.50. The summed E-state index contributed by atoms with van der Waals surface area (Å²) in [5, 5.41) is 21.6. The van der Waals surface area contributed by atoms with Crippen LogP contribution >= 0.6 is 11.8 Å². The first-order valence-corrected chi connectivity index (χ1v) is 7.84. The van der Waals surface area contributed by atoms with E-state index in [1.54, 1.807) is 0 Å². The molecular formula is C13H25NO4S. The van der Waals surface area contributed by atoms with Crippen LogP contribution in [0.4, 0.5) is 0 Å².